The van der Waals surface area contributed by atoms with Crippen molar-refractivity contribution in [1.82, 2.24) is 20.3 Å². The molecule has 0 spiro atoms. The molecule has 0 aliphatic heterocycles. The molecule has 0 aromatic carbocycles. The molecule has 0 fully saturated rings. The van der Waals surface area contributed by atoms with Crippen molar-refractivity contribution < 1.29 is 4.74 Å². The molecule has 0 saturated carbocycles. The van der Waals surface area contributed by atoms with Crippen LogP contribution in [0.5, 0.6) is 5.75 Å². The third-order valence-electron chi connectivity index (χ3n) is 2.90. The Labute approximate surface area is 117 Å². The molecule has 1 N–H and O–H groups in total. The molecule has 0 aliphatic rings. The summed E-state index contributed by atoms with van der Waals surface area (Å²) in [6, 6.07) is 2.20. The normalized spacial score (nSPS) is 12.6. The minimum Gasteiger partial charge on any atom is -0.496 e. The maximum absolute atomic E-state index is 5.26. The smallest absolute Gasteiger partial charge is 0.129 e. The van der Waals surface area contributed by atoms with Gasteiger partial charge in [0.2, 0.25) is 0 Å². The van der Waals surface area contributed by atoms with E-state index in [9.17, 15) is 0 Å². The van der Waals surface area contributed by atoms with E-state index >= 15 is 0 Å². The Morgan fingerprint density at radius 2 is 2.32 bits per heavy atom. The summed E-state index contributed by atoms with van der Waals surface area (Å²) in [4.78, 5) is 1.22. The average molecular weight is 280 g/mol. The van der Waals surface area contributed by atoms with Gasteiger partial charge in [-0.1, -0.05) is 19.1 Å². The lowest BCUT2D eigenvalue weighted by atomic mass is 10.1. The zero-order valence-electron chi connectivity index (χ0n) is 11.6. The first-order chi connectivity index (χ1) is 9.30. The van der Waals surface area contributed by atoms with Gasteiger partial charge in [0.15, 0.2) is 0 Å². The minimum absolute atomic E-state index is 0.125. The van der Waals surface area contributed by atoms with Gasteiger partial charge < -0.3 is 10.1 Å². The highest BCUT2D eigenvalue weighted by atomic mass is 32.1. The molecular weight excluding hydrogens is 260 g/mol. The van der Waals surface area contributed by atoms with E-state index in [1.165, 1.54) is 4.88 Å². The van der Waals surface area contributed by atoms with E-state index in [2.05, 4.69) is 35.5 Å². The predicted molar refractivity (Wildman–Crippen MR) is 76.7 cm³/mol. The maximum Gasteiger partial charge on any atom is 0.129 e. The van der Waals surface area contributed by atoms with Crippen LogP contribution in [0.15, 0.2) is 17.6 Å². The van der Waals surface area contributed by atoms with Gasteiger partial charge in [-0.05, 0) is 19.0 Å². The van der Waals surface area contributed by atoms with Crippen LogP contribution in [0.1, 0.15) is 36.9 Å². The summed E-state index contributed by atoms with van der Waals surface area (Å²) in [7, 11) is 1.69. The number of aryl methyl sites for hydroxylation is 1. The summed E-state index contributed by atoms with van der Waals surface area (Å²) in [5, 5.41) is 13.7. The topological polar surface area (TPSA) is 52.0 Å². The van der Waals surface area contributed by atoms with Crippen LogP contribution in [0, 0.1) is 0 Å². The highest BCUT2D eigenvalue weighted by Crippen LogP contribution is 2.30. The molecule has 1 atom stereocenters. The van der Waals surface area contributed by atoms with Gasteiger partial charge in [-0.25, -0.2) is 4.68 Å². The van der Waals surface area contributed by atoms with E-state index in [4.69, 9.17) is 4.74 Å². The molecule has 104 valence electrons. The Balaban J connectivity index is 2.30. The number of nitrogens with zero attached hydrogens (tertiary/aromatic N) is 3. The first kappa shape index (κ1) is 14.0. The molecule has 5 nitrogen and oxygen atoms in total. The summed E-state index contributed by atoms with van der Waals surface area (Å²) in [5.41, 5.74) is 1.10. The highest BCUT2D eigenvalue weighted by Gasteiger charge is 2.20. The van der Waals surface area contributed by atoms with Gasteiger partial charge >= 0.3 is 0 Å². The molecule has 2 aromatic rings. The van der Waals surface area contributed by atoms with Crippen LogP contribution in [0.4, 0.5) is 0 Å². The summed E-state index contributed by atoms with van der Waals surface area (Å²) < 4.78 is 7.23. The van der Waals surface area contributed by atoms with Crippen molar-refractivity contribution >= 4 is 11.3 Å². The molecule has 0 aliphatic carbocycles. The van der Waals surface area contributed by atoms with Gasteiger partial charge in [0.25, 0.3) is 0 Å². The van der Waals surface area contributed by atoms with Crippen LogP contribution >= 0.6 is 11.3 Å². The number of aromatic nitrogens is 3. The molecule has 2 heterocycles. The number of hydrogen-bond acceptors (Lipinski definition) is 5. The van der Waals surface area contributed by atoms with Crippen LogP contribution in [0.2, 0.25) is 0 Å². The quantitative estimate of drug-likeness (QED) is 0.846. The second kappa shape index (κ2) is 6.68. The van der Waals surface area contributed by atoms with E-state index in [0.717, 1.165) is 31.0 Å². The van der Waals surface area contributed by atoms with E-state index in [1.807, 2.05) is 16.3 Å². The molecule has 6 heteroatoms. The van der Waals surface area contributed by atoms with Gasteiger partial charge in [-0.3, -0.25) is 0 Å². The van der Waals surface area contributed by atoms with Crippen molar-refractivity contribution in [3.05, 3.63) is 28.2 Å². The van der Waals surface area contributed by atoms with Gasteiger partial charge in [0.1, 0.15) is 5.75 Å². The highest BCUT2D eigenvalue weighted by molar-refractivity contribution is 7.10. The van der Waals surface area contributed by atoms with Gasteiger partial charge in [0, 0.05) is 16.8 Å². The average Bonchev–Trinajstić information content (AvgIpc) is 3.05. The number of nitrogens with one attached hydrogen (secondary N) is 1. The fourth-order valence-electron chi connectivity index (χ4n) is 2.02. The fraction of sp³-hybridized carbons (Fsp3) is 0.538. The second-order valence-corrected chi connectivity index (χ2v) is 5.20. The van der Waals surface area contributed by atoms with Gasteiger partial charge in [-0.2, -0.15) is 0 Å². The van der Waals surface area contributed by atoms with E-state index < -0.39 is 0 Å². The number of methoxy groups -OCH3 is 1. The second-order valence-electron chi connectivity index (χ2n) is 4.26. The van der Waals surface area contributed by atoms with Crippen LogP contribution in [0.3, 0.4) is 0 Å². The molecule has 1 unspecified atom stereocenters. The third-order valence-corrected chi connectivity index (χ3v) is 3.88. The van der Waals surface area contributed by atoms with Crippen LogP contribution in [-0.2, 0) is 6.54 Å². The van der Waals surface area contributed by atoms with Crippen LogP contribution < -0.4 is 10.1 Å². The number of ether oxygens (including phenoxy) is 1. The van der Waals surface area contributed by atoms with E-state index in [-0.39, 0.29) is 6.04 Å². The zero-order valence-corrected chi connectivity index (χ0v) is 12.4. The van der Waals surface area contributed by atoms with Crippen molar-refractivity contribution in [2.75, 3.05) is 13.7 Å². The van der Waals surface area contributed by atoms with Crippen LogP contribution in [-0.4, -0.2) is 28.6 Å². The lowest BCUT2D eigenvalue weighted by molar-refractivity contribution is 0.416. The molecule has 0 radical (unpaired) electrons. The van der Waals surface area contributed by atoms with Crippen molar-refractivity contribution in [1.29, 1.82) is 0 Å². The van der Waals surface area contributed by atoms with Crippen LogP contribution in [0.25, 0.3) is 0 Å². The lowest BCUT2D eigenvalue weighted by Crippen LogP contribution is -2.24. The number of hydrogen-bond donors (Lipinski definition) is 1. The minimum atomic E-state index is 0.125. The van der Waals surface area contributed by atoms with E-state index in [1.54, 1.807) is 18.4 Å². The summed E-state index contributed by atoms with van der Waals surface area (Å²) in [6.45, 7) is 6.02. The number of thiophene rings is 1. The molecule has 0 saturated heterocycles. The summed E-state index contributed by atoms with van der Waals surface area (Å²) >= 11 is 1.69. The Kier molecular flexibility index (Phi) is 4.93. The SMILES string of the molecule is CCCn1nncc1C(NCC)c1cc(OC)cs1. The third kappa shape index (κ3) is 3.13. The van der Waals surface area contributed by atoms with Crippen molar-refractivity contribution in [2.45, 2.75) is 32.9 Å². The van der Waals surface area contributed by atoms with Crippen molar-refractivity contribution in [3.8, 4) is 5.75 Å². The summed E-state index contributed by atoms with van der Waals surface area (Å²) in [5.74, 6) is 0.900. The van der Waals surface area contributed by atoms with Gasteiger partial charge in [-0.15, -0.1) is 16.4 Å². The standard InChI is InChI=1S/C13H20N4OS/c1-4-6-17-11(8-15-16-17)13(14-5-2)12-7-10(18-3)9-19-12/h7-9,13-14H,4-6H2,1-3H3. The molecule has 19 heavy (non-hydrogen) atoms. The molecule has 2 rings (SSSR count). The Bertz CT molecular complexity index is 508. The first-order valence-corrected chi connectivity index (χ1v) is 7.42. The van der Waals surface area contributed by atoms with Gasteiger partial charge in [0.05, 0.1) is 25.0 Å². The Hall–Kier alpha value is -1.40. The monoisotopic (exact) mass is 280 g/mol. The van der Waals surface area contributed by atoms with E-state index in [0.29, 0.717) is 0 Å². The maximum atomic E-state index is 5.26. The van der Waals surface area contributed by atoms with Crippen molar-refractivity contribution in [3.63, 3.8) is 0 Å². The predicted octanol–water partition coefficient (Wildman–Crippen LogP) is 2.46. The molecular formula is C13H20N4OS. The lowest BCUT2D eigenvalue weighted by Gasteiger charge is -2.17. The first-order valence-electron chi connectivity index (χ1n) is 6.54. The Morgan fingerprint density at radius 1 is 1.47 bits per heavy atom. The summed E-state index contributed by atoms with van der Waals surface area (Å²) in [6.07, 6.45) is 2.89. The molecule has 0 amide bonds. The molecule has 0 bridgehead atoms. The molecule has 2 aromatic heterocycles. The zero-order chi connectivity index (χ0) is 13.7. The Morgan fingerprint density at radius 3 is 2.95 bits per heavy atom. The number of rotatable bonds is 7. The largest absolute Gasteiger partial charge is 0.496 e. The van der Waals surface area contributed by atoms with Crippen molar-refractivity contribution in [2.24, 2.45) is 0 Å². The fourth-order valence-corrected chi connectivity index (χ4v) is 2.96.